The third-order valence-electron chi connectivity index (χ3n) is 4.21. The van der Waals surface area contributed by atoms with Crippen LogP contribution in [0.15, 0.2) is 51.6 Å². The van der Waals surface area contributed by atoms with Gasteiger partial charge in [0.25, 0.3) is 0 Å². The van der Waals surface area contributed by atoms with Crippen LogP contribution in [0, 0.1) is 0 Å². The van der Waals surface area contributed by atoms with Crippen molar-refractivity contribution in [1.29, 1.82) is 0 Å². The van der Waals surface area contributed by atoms with Crippen molar-refractivity contribution in [2.45, 2.75) is 25.8 Å². The van der Waals surface area contributed by atoms with E-state index in [1.807, 2.05) is 0 Å². The van der Waals surface area contributed by atoms with Crippen molar-refractivity contribution >= 4 is 35.1 Å². The molecule has 1 aliphatic rings. The Kier molecular flexibility index (Phi) is 7.02. The van der Waals surface area contributed by atoms with E-state index in [4.69, 9.17) is 13.9 Å². The van der Waals surface area contributed by atoms with Gasteiger partial charge >= 0.3 is 18.0 Å². The first-order valence-electron chi connectivity index (χ1n) is 9.23. The first-order chi connectivity index (χ1) is 14.5. The summed E-state index contributed by atoms with van der Waals surface area (Å²) in [6, 6.07) is 5.21. The third kappa shape index (κ3) is 5.15. The van der Waals surface area contributed by atoms with Gasteiger partial charge in [-0.3, -0.25) is 9.59 Å². The minimum Gasteiger partial charge on any atom is -0.467 e. The summed E-state index contributed by atoms with van der Waals surface area (Å²) in [4.78, 5) is 49.2. The zero-order chi connectivity index (χ0) is 21.5. The molecule has 0 unspecified atom stereocenters. The number of ketones is 1. The monoisotopic (exact) mass is 432 g/mol. The molecule has 30 heavy (non-hydrogen) atoms. The lowest BCUT2D eigenvalue weighted by Gasteiger charge is -2.27. The van der Waals surface area contributed by atoms with Crippen LogP contribution in [-0.2, 0) is 19.1 Å². The van der Waals surface area contributed by atoms with E-state index in [1.54, 1.807) is 36.6 Å². The van der Waals surface area contributed by atoms with Gasteiger partial charge < -0.3 is 24.5 Å². The predicted octanol–water partition coefficient (Wildman–Crippen LogP) is 2.72. The molecule has 2 aromatic rings. The minimum absolute atomic E-state index is 0.00601. The molecule has 0 aliphatic carbocycles. The summed E-state index contributed by atoms with van der Waals surface area (Å²) >= 11 is 1.30. The van der Waals surface area contributed by atoms with Gasteiger partial charge in [-0.15, -0.1) is 11.3 Å². The topological polar surface area (TPSA) is 124 Å². The number of ether oxygens (including phenoxy) is 2. The molecular formula is C20H20N2O7S. The number of thiophene rings is 1. The van der Waals surface area contributed by atoms with Gasteiger partial charge in [0.05, 0.1) is 35.4 Å². The van der Waals surface area contributed by atoms with Gasteiger partial charge in [0.15, 0.2) is 5.78 Å². The fourth-order valence-electron chi connectivity index (χ4n) is 2.85. The van der Waals surface area contributed by atoms with E-state index in [1.165, 1.54) is 17.6 Å². The molecule has 3 heterocycles. The van der Waals surface area contributed by atoms with Crippen molar-refractivity contribution in [3.8, 4) is 0 Å². The molecule has 0 bridgehead atoms. The molecule has 0 aromatic carbocycles. The number of Topliss-reactive ketones (excluding diaryl/α,β-unsaturated/α-hetero) is 1. The summed E-state index contributed by atoms with van der Waals surface area (Å²) in [5.74, 6) is -1.12. The lowest BCUT2D eigenvalue weighted by Crippen LogP contribution is -2.47. The van der Waals surface area contributed by atoms with E-state index in [2.05, 4.69) is 10.6 Å². The Labute approximate surface area is 176 Å². The van der Waals surface area contributed by atoms with E-state index < -0.39 is 24.0 Å². The SMILES string of the molecule is CCOC(=O)C1=C(COC(=O)CCC(=O)c2cccs2)NC(=O)N[C@H]1c1ccco1. The van der Waals surface area contributed by atoms with Crippen LogP contribution in [0.4, 0.5) is 4.79 Å². The number of nitrogens with one attached hydrogen (secondary N) is 2. The Morgan fingerprint density at radius 2 is 2.00 bits per heavy atom. The van der Waals surface area contributed by atoms with Gasteiger partial charge in [-0.25, -0.2) is 9.59 Å². The van der Waals surface area contributed by atoms with Gasteiger partial charge in [-0.2, -0.15) is 0 Å². The van der Waals surface area contributed by atoms with Gasteiger partial charge in [0.2, 0.25) is 0 Å². The zero-order valence-electron chi connectivity index (χ0n) is 16.1. The predicted molar refractivity (Wildman–Crippen MR) is 106 cm³/mol. The highest BCUT2D eigenvalue weighted by molar-refractivity contribution is 7.12. The average Bonchev–Trinajstić information content (AvgIpc) is 3.44. The maximum Gasteiger partial charge on any atom is 0.338 e. The molecule has 2 aromatic heterocycles. The fourth-order valence-corrected chi connectivity index (χ4v) is 3.55. The molecule has 0 saturated heterocycles. The molecule has 0 radical (unpaired) electrons. The van der Waals surface area contributed by atoms with Gasteiger partial charge in [-0.1, -0.05) is 6.07 Å². The van der Waals surface area contributed by atoms with E-state index in [-0.39, 0.29) is 43.1 Å². The lowest BCUT2D eigenvalue weighted by molar-refractivity contribution is -0.143. The molecule has 1 atom stereocenters. The molecule has 2 N–H and O–H groups in total. The summed E-state index contributed by atoms with van der Waals surface area (Å²) in [6.07, 6.45) is 1.30. The molecule has 0 spiro atoms. The normalized spacial score (nSPS) is 15.9. The largest absolute Gasteiger partial charge is 0.467 e. The second-order valence-corrected chi connectivity index (χ2v) is 7.17. The van der Waals surface area contributed by atoms with Gasteiger partial charge in [-0.05, 0) is 30.5 Å². The molecule has 3 rings (SSSR count). The molecule has 0 fully saturated rings. The molecular weight excluding hydrogens is 412 g/mol. The van der Waals surface area contributed by atoms with Crippen molar-refractivity contribution in [2.75, 3.05) is 13.2 Å². The second-order valence-electron chi connectivity index (χ2n) is 6.22. The molecule has 9 nitrogen and oxygen atoms in total. The summed E-state index contributed by atoms with van der Waals surface area (Å²) in [7, 11) is 0. The number of esters is 2. The summed E-state index contributed by atoms with van der Waals surface area (Å²) < 4.78 is 15.6. The molecule has 0 saturated carbocycles. The van der Waals surface area contributed by atoms with E-state index in [0.29, 0.717) is 10.6 Å². The number of rotatable bonds is 9. The van der Waals surface area contributed by atoms with Crippen LogP contribution in [0.3, 0.4) is 0 Å². The van der Waals surface area contributed by atoms with Crippen molar-refractivity contribution in [2.24, 2.45) is 0 Å². The standard InChI is InChI=1S/C20H20N2O7S/c1-2-27-19(25)17-12(21-20(26)22-18(17)14-5-3-9-28-14)11-29-16(24)8-7-13(23)15-6-4-10-30-15/h3-6,9-10,18H,2,7-8,11H2,1H3,(H2,21,22,26)/t18-/m0/s1. The van der Waals surface area contributed by atoms with Crippen LogP contribution in [0.25, 0.3) is 0 Å². The number of amides is 2. The Morgan fingerprint density at radius 1 is 1.17 bits per heavy atom. The Bertz CT molecular complexity index is 948. The van der Waals surface area contributed by atoms with Crippen LogP contribution in [-0.4, -0.2) is 37.0 Å². The average molecular weight is 432 g/mol. The summed E-state index contributed by atoms with van der Waals surface area (Å²) in [5.41, 5.74) is 0.172. The van der Waals surface area contributed by atoms with Crippen LogP contribution in [0.2, 0.25) is 0 Å². The first kappa shape index (κ1) is 21.3. The van der Waals surface area contributed by atoms with E-state index in [9.17, 15) is 19.2 Å². The Hall–Kier alpha value is -3.40. The highest BCUT2D eigenvalue weighted by Gasteiger charge is 2.35. The number of carbonyl (C=O) groups excluding carboxylic acids is 4. The lowest BCUT2D eigenvalue weighted by atomic mass is 10.0. The number of urea groups is 1. The van der Waals surface area contributed by atoms with Crippen LogP contribution in [0.1, 0.15) is 41.2 Å². The highest BCUT2D eigenvalue weighted by atomic mass is 32.1. The zero-order valence-corrected chi connectivity index (χ0v) is 17.0. The molecule has 158 valence electrons. The van der Waals surface area contributed by atoms with Crippen molar-refractivity contribution < 1.29 is 33.1 Å². The molecule has 2 amide bonds. The number of carbonyl (C=O) groups is 4. The second kappa shape index (κ2) is 9.88. The Morgan fingerprint density at radius 3 is 2.67 bits per heavy atom. The van der Waals surface area contributed by atoms with E-state index in [0.717, 1.165) is 0 Å². The van der Waals surface area contributed by atoms with Crippen molar-refractivity contribution in [3.05, 3.63) is 57.8 Å². The summed E-state index contributed by atoms with van der Waals surface area (Å²) in [5, 5.41) is 6.86. The fraction of sp³-hybridized carbons (Fsp3) is 0.300. The number of hydrogen-bond donors (Lipinski definition) is 2. The third-order valence-corrected chi connectivity index (χ3v) is 5.12. The maximum atomic E-state index is 12.5. The number of furan rings is 1. The van der Waals surface area contributed by atoms with Crippen molar-refractivity contribution in [3.63, 3.8) is 0 Å². The molecule has 10 heteroatoms. The molecule has 1 aliphatic heterocycles. The van der Waals surface area contributed by atoms with Crippen LogP contribution < -0.4 is 10.6 Å². The quantitative estimate of drug-likeness (QED) is 0.461. The maximum absolute atomic E-state index is 12.5. The minimum atomic E-state index is -0.887. The Balaban J connectivity index is 1.70. The van der Waals surface area contributed by atoms with Gasteiger partial charge in [0.1, 0.15) is 18.4 Å². The number of hydrogen-bond acceptors (Lipinski definition) is 8. The van der Waals surface area contributed by atoms with Gasteiger partial charge in [0, 0.05) is 6.42 Å². The highest BCUT2D eigenvalue weighted by Crippen LogP contribution is 2.28. The van der Waals surface area contributed by atoms with Crippen molar-refractivity contribution in [1.82, 2.24) is 10.6 Å². The van der Waals surface area contributed by atoms with Crippen LogP contribution >= 0.6 is 11.3 Å². The van der Waals surface area contributed by atoms with Crippen LogP contribution in [0.5, 0.6) is 0 Å². The summed E-state index contributed by atoms with van der Waals surface area (Å²) in [6.45, 7) is 1.42. The smallest absolute Gasteiger partial charge is 0.338 e. The first-order valence-corrected chi connectivity index (χ1v) is 10.1. The van der Waals surface area contributed by atoms with E-state index >= 15 is 0 Å².